The van der Waals surface area contributed by atoms with E-state index in [1.807, 2.05) is 37.3 Å². The van der Waals surface area contributed by atoms with Crippen LogP contribution in [0.25, 0.3) is 0 Å². The van der Waals surface area contributed by atoms with Gasteiger partial charge in [-0.2, -0.15) is 0 Å². The van der Waals surface area contributed by atoms with E-state index in [1.54, 1.807) is 0 Å². The van der Waals surface area contributed by atoms with Crippen LogP contribution in [-0.2, 0) is 9.09 Å². The Morgan fingerprint density at radius 3 is 2.88 bits per heavy atom. The molecule has 0 spiro atoms. The Labute approximate surface area is 103 Å². The highest BCUT2D eigenvalue weighted by atomic mass is 35.7. The summed E-state index contributed by atoms with van der Waals surface area (Å²) in [6.07, 6.45) is 0.154. The van der Waals surface area contributed by atoms with E-state index in [2.05, 4.69) is 0 Å². The van der Waals surface area contributed by atoms with Crippen molar-refractivity contribution in [2.24, 2.45) is 0 Å². The van der Waals surface area contributed by atoms with Crippen molar-refractivity contribution in [3.8, 4) is 0 Å². The van der Waals surface area contributed by atoms with Gasteiger partial charge in [0.2, 0.25) is 0 Å². The molecule has 0 aromatic heterocycles. The van der Waals surface area contributed by atoms with Crippen molar-refractivity contribution < 1.29 is 11.8 Å². The third-order valence-corrected chi connectivity index (χ3v) is 4.96. The van der Waals surface area contributed by atoms with Crippen LogP contribution in [0.4, 0.5) is 0 Å². The van der Waals surface area contributed by atoms with E-state index in [1.165, 1.54) is 4.67 Å². The lowest BCUT2D eigenvalue weighted by molar-refractivity contribution is 0.194. The van der Waals surface area contributed by atoms with Crippen LogP contribution in [-0.4, -0.2) is 17.8 Å². The molecular weight excluding hydrogens is 245 g/mol. The molecule has 5 heteroatoms. The standard InChI is InChI=1S/C11H15ClNO2P/c1-10(11-6-3-2-4-7-11)13-8-5-9-15-16(13,12)14/h2-4,6-7,10H,5,8-9H2,1H3/i9D2. The van der Waals surface area contributed by atoms with Crippen LogP contribution in [0, 0.1) is 0 Å². The maximum absolute atomic E-state index is 12.2. The van der Waals surface area contributed by atoms with Gasteiger partial charge in [0, 0.05) is 12.6 Å². The summed E-state index contributed by atoms with van der Waals surface area (Å²) >= 11 is 5.89. The zero-order chi connectivity index (χ0) is 13.4. The second-order valence-corrected chi connectivity index (χ2v) is 6.57. The monoisotopic (exact) mass is 261 g/mol. The first kappa shape index (κ1) is 9.67. The molecule has 0 bridgehead atoms. The number of rotatable bonds is 2. The smallest absolute Gasteiger partial charge is 0.306 e. The SMILES string of the molecule is [2H]C1([2H])CCN(C(C)c2ccccc2)P(=O)(Cl)O1. The largest absolute Gasteiger partial charge is 0.363 e. The van der Waals surface area contributed by atoms with Crippen LogP contribution in [0.3, 0.4) is 0 Å². The highest BCUT2D eigenvalue weighted by Crippen LogP contribution is 2.60. The average molecular weight is 262 g/mol. The quantitative estimate of drug-likeness (QED) is 0.758. The lowest BCUT2D eigenvalue weighted by atomic mass is 10.1. The molecule has 0 radical (unpaired) electrons. The molecule has 1 aliphatic rings. The van der Waals surface area contributed by atoms with Gasteiger partial charge in [-0.05, 0) is 30.1 Å². The lowest BCUT2D eigenvalue weighted by Crippen LogP contribution is -2.29. The number of halogens is 1. The van der Waals surface area contributed by atoms with E-state index in [-0.39, 0.29) is 12.5 Å². The molecular formula is C11H15ClNO2P. The molecule has 2 atom stereocenters. The maximum Gasteiger partial charge on any atom is 0.363 e. The van der Waals surface area contributed by atoms with Gasteiger partial charge < -0.3 is 4.52 Å². The van der Waals surface area contributed by atoms with Gasteiger partial charge in [0.1, 0.15) is 0 Å². The summed E-state index contributed by atoms with van der Waals surface area (Å²) in [7, 11) is 0. The average Bonchev–Trinajstić information content (AvgIpc) is 2.27. The molecule has 0 N–H and O–H groups in total. The van der Waals surface area contributed by atoms with Crippen LogP contribution in [0.5, 0.6) is 0 Å². The molecule has 1 saturated heterocycles. The van der Waals surface area contributed by atoms with Gasteiger partial charge in [-0.25, -0.2) is 4.67 Å². The zero-order valence-corrected chi connectivity index (χ0v) is 10.6. The molecule has 3 nitrogen and oxygen atoms in total. The Balaban J connectivity index is 2.22. The predicted molar refractivity (Wildman–Crippen MR) is 65.6 cm³/mol. The van der Waals surface area contributed by atoms with Gasteiger partial charge >= 0.3 is 6.87 Å². The fourth-order valence-electron chi connectivity index (χ4n) is 1.76. The van der Waals surface area contributed by atoms with Gasteiger partial charge in [0.15, 0.2) is 0 Å². The first-order valence-electron chi connectivity index (χ1n) is 6.14. The Hall–Kier alpha value is -0.340. The van der Waals surface area contributed by atoms with Crippen LogP contribution in [0.2, 0.25) is 0 Å². The van der Waals surface area contributed by atoms with Crippen molar-refractivity contribution in [1.29, 1.82) is 0 Å². The van der Waals surface area contributed by atoms with Crippen molar-refractivity contribution in [2.75, 3.05) is 13.1 Å². The third-order valence-electron chi connectivity index (χ3n) is 2.66. The maximum atomic E-state index is 12.2. The van der Waals surface area contributed by atoms with Gasteiger partial charge in [-0.3, -0.25) is 4.57 Å². The first-order chi connectivity index (χ1) is 8.32. The van der Waals surface area contributed by atoms with Gasteiger partial charge in [0.05, 0.1) is 9.30 Å². The molecule has 2 unspecified atom stereocenters. The number of nitrogens with zero attached hydrogens (tertiary/aromatic N) is 1. The van der Waals surface area contributed by atoms with Crippen molar-refractivity contribution in [3.05, 3.63) is 35.9 Å². The summed E-state index contributed by atoms with van der Waals surface area (Å²) in [5.41, 5.74) is 0.976. The molecule has 1 heterocycles. The lowest BCUT2D eigenvalue weighted by Gasteiger charge is -2.35. The molecule has 0 saturated carbocycles. The fourth-order valence-corrected chi connectivity index (χ4v) is 3.77. The highest BCUT2D eigenvalue weighted by molar-refractivity contribution is 7.83. The molecule has 1 fully saturated rings. The summed E-state index contributed by atoms with van der Waals surface area (Å²) in [4.78, 5) is 0. The van der Waals surface area contributed by atoms with Crippen LogP contribution in [0.1, 0.15) is 27.7 Å². The minimum atomic E-state index is -3.61. The zero-order valence-electron chi connectivity index (χ0n) is 11.0. The van der Waals surface area contributed by atoms with Gasteiger partial charge in [-0.15, -0.1) is 0 Å². The summed E-state index contributed by atoms with van der Waals surface area (Å²) in [6, 6.07) is 9.37. The second-order valence-electron chi connectivity index (χ2n) is 3.69. The summed E-state index contributed by atoms with van der Waals surface area (Å²) in [5, 5.41) is 0. The first-order valence-corrected chi connectivity index (χ1v) is 7.63. The van der Waals surface area contributed by atoms with E-state index in [0.29, 0.717) is 6.54 Å². The van der Waals surface area contributed by atoms with Crippen molar-refractivity contribution >= 4 is 18.1 Å². The fraction of sp³-hybridized carbons (Fsp3) is 0.455. The topological polar surface area (TPSA) is 29.5 Å². The second kappa shape index (κ2) is 4.89. The van der Waals surface area contributed by atoms with Crippen LogP contribution in [0.15, 0.2) is 30.3 Å². The molecule has 2 rings (SSSR count). The molecule has 1 aromatic carbocycles. The molecule has 1 aromatic rings. The van der Waals surface area contributed by atoms with E-state index in [0.717, 1.165) is 5.56 Å². The summed E-state index contributed by atoms with van der Waals surface area (Å²) in [5.74, 6) is 0. The molecule has 88 valence electrons. The Kier molecular flexibility index (Phi) is 2.95. The summed E-state index contributed by atoms with van der Waals surface area (Å²) < 4.78 is 33.6. The van der Waals surface area contributed by atoms with Gasteiger partial charge in [0.25, 0.3) is 0 Å². The van der Waals surface area contributed by atoms with Crippen LogP contribution >= 0.6 is 18.1 Å². The minimum Gasteiger partial charge on any atom is -0.306 e. The molecule has 16 heavy (non-hydrogen) atoms. The highest BCUT2D eigenvalue weighted by Gasteiger charge is 2.36. The van der Waals surface area contributed by atoms with Crippen molar-refractivity contribution in [2.45, 2.75) is 19.4 Å². The van der Waals surface area contributed by atoms with Crippen molar-refractivity contribution in [3.63, 3.8) is 0 Å². The molecule has 0 aliphatic carbocycles. The summed E-state index contributed by atoms with van der Waals surface area (Å²) in [6.45, 7) is -3.33. The number of benzene rings is 1. The Morgan fingerprint density at radius 2 is 2.25 bits per heavy atom. The van der Waals surface area contributed by atoms with Gasteiger partial charge in [-0.1, -0.05) is 30.3 Å². The number of hydrogen-bond donors (Lipinski definition) is 0. The van der Waals surface area contributed by atoms with Crippen molar-refractivity contribution in [1.82, 2.24) is 4.67 Å². The Bertz CT molecular complexity index is 471. The van der Waals surface area contributed by atoms with Crippen LogP contribution < -0.4 is 0 Å². The molecule has 0 amide bonds. The minimum absolute atomic E-state index is 0.154. The molecule has 1 aliphatic heterocycles. The number of hydrogen-bond acceptors (Lipinski definition) is 2. The van der Waals surface area contributed by atoms with E-state index in [9.17, 15) is 4.57 Å². The normalized spacial score (nSPS) is 33.9. The van der Waals surface area contributed by atoms with E-state index in [4.69, 9.17) is 18.5 Å². The van der Waals surface area contributed by atoms with E-state index < -0.39 is 13.4 Å². The predicted octanol–water partition coefficient (Wildman–Crippen LogP) is 3.82. The third kappa shape index (κ3) is 2.49. The Morgan fingerprint density at radius 1 is 1.56 bits per heavy atom. The van der Waals surface area contributed by atoms with E-state index >= 15 is 0 Å².